The lowest BCUT2D eigenvalue weighted by molar-refractivity contribution is -0.126. The summed E-state index contributed by atoms with van der Waals surface area (Å²) in [5.41, 5.74) is 5.16. The molecule has 1 aromatic heterocycles. The van der Waals surface area contributed by atoms with Crippen molar-refractivity contribution < 1.29 is 18.7 Å². The molecule has 2 aliphatic rings. The number of hydrogen-bond donors (Lipinski definition) is 0. The Morgan fingerprint density at radius 3 is 2.60 bits per heavy atom. The van der Waals surface area contributed by atoms with Gasteiger partial charge in [-0.15, -0.1) is 0 Å². The van der Waals surface area contributed by atoms with E-state index in [2.05, 4.69) is 17.0 Å². The van der Waals surface area contributed by atoms with E-state index in [1.54, 1.807) is 13.2 Å². The Morgan fingerprint density at radius 1 is 1.06 bits per heavy atom. The summed E-state index contributed by atoms with van der Waals surface area (Å²) in [6.45, 7) is 7.43. The van der Waals surface area contributed by atoms with Gasteiger partial charge in [-0.3, -0.25) is 4.79 Å². The smallest absolute Gasteiger partial charge is 0.246 e. The summed E-state index contributed by atoms with van der Waals surface area (Å²) in [5, 5.41) is 1.16. The standard InChI is InChI=1S/C29H34N2O4/c1-4-34-27-19-28-23(21-9-5-7-11-25(21)35-28)18-22(27)20(2)17-29(32)31-15-13-30(14-16-31)24-10-6-8-12-26(24)33-3/h6,8,10,12,17-19H,4-5,7,9,11,13-16H2,1-3H3/b20-17+. The fraction of sp³-hybridized carbons (Fsp3) is 0.414. The number of aryl methyl sites for hydroxylation is 2. The van der Waals surface area contributed by atoms with E-state index in [1.807, 2.05) is 43.0 Å². The second kappa shape index (κ2) is 10.1. The molecule has 0 unspecified atom stereocenters. The average molecular weight is 475 g/mol. The molecule has 0 radical (unpaired) electrons. The van der Waals surface area contributed by atoms with Gasteiger partial charge < -0.3 is 23.7 Å². The average Bonchev–Trinajstić information content (AvgIpc) is 3.26. The molecule has 2 aromatic carbocycles. The van der Waals surface area contributed by atoms with Crippen molar-refractivity contribution in [1.82, 2.24) is 4.90 Å². The van der Waals surface area contributed by atoms with E-state index in [9.17, 15) is 4.79 Å². The molecule has 0 atom stereocenters. The number of piperazine rings is 1. The molecule has 184 valence electrons. The third-order valence-corrected chi connectivity index (χ3v) is 7.14. The summed E-state index contributed by atoms with van der Waals surface area (Å²) < 4.78 is 17.6. The van der Waals surface area contributed by atoms with Crippen molar-refractivity contribution >= 4 is 28.1 Å². The van der Waals surface area contributed by atoms with Crippen LogP contribution < -0.4 is 14.4 Å². The van der Waals surface area contributed by atoms with E-state index >= 15 is 0 Å². The van der Waals surface area contributed by atoms with Crippen LogP contribution in [0.15, 0.2) is 46.9 Å². The molecule has 6 nitrogen and oxygen atoms in total. The number of rotatable bonds is 6. The Kier molecular flexibility index (Phi) is 6.71. The summed E-state index contributed by atoms with van der Waals surface area (Å²) in [6.07, 6.45) is 6.18. The molecular weight excluding hydrogens is 440 g/mol. The summed E-state index contributed by atoms with van der Waals surface area (Å²) in [4.78, 5) is 17.4. The van der Waals surface area contributed by atoms with Gasteiger partial charge in [-0.05, 0) is 56.9 Å². The van der Waals surface area contributed by atoms with Gasteiger partial charge in [-0.25, -0.2) is 0 Å². The first kappa shape index (κ1) is 23.3. The number of benzene rings is 2. The first-order valence-electron chi connectivity index (χ1n) is 12.7. The van der Waals surface area contributed by atoms with Crippen LogP contribution in [0.3, 0.4) is 0 Å². The van der Waals surface area contributed by atoms with Gasteiger partial charge in [-0.1, -0.05) is 12.1 Å². The molecule has 1 aliphatic heterocycles. The number of para-hydroxylation sites is 2. The monoisotopic (exact) mass is 474 g/mol. The fourth-order valence-corrected chi connectivity index (χ4v) is 5.29. The Labute approximate surface area is 207 Å². The number of nitrogens with zero attached hydrogens (tertiary/aromatic N) is 2. The predicted octanol–water partition coefficient (Wildman–Crippen LogP) is 5.47. The summed E-state index contributed by atoms with van der Waals surface area (Å²) >= 11 is 0. The molecule has 0 bridgehead atoms. The number of fused-ring (bicyclic) bond motifs is 3. The topological polar surface area (TPSA) is 55.2 Å². The second-order valence-electron chi connectivity index (χ2n) is 9.30. The lowest BCUT2D eigenvalue weighted by Crippen LogP contribution is -2.48. The maximum absolute atomic E-state index is 13.2. The minimum absolute atomic E-state index is 0.0407. The highest BCUT2D eigenvalue weighted by Gasteiger charge is 2.24. The molecule has 3 aromatic rings. The van der Waals surface area contributed by atoms with E-state index in [0.29, 0.717) is 19.7 Å². The van der Waals surface area contributed by atoms with Crippen molar-refractivity contribution in [2.24, 2.45) is 0 Å². The molecular formula is C29H34N2O4. The van der Waals surface area contributed by atoms with Crippen LogP contribution in [0.1, 0.15) is 43.6 Å². The number of allylic oxidation sites excluding steroid dienone is 1. The highest BCUT2D eigenvalue weighted by atomic mass is 16.5. The number of amides is 1. The molecule has 0 N–H and O–H groups in total. The van der Waals surface area contributed by atoms with E-state index in [4.69, 9.17) is 13.9 Å². The number of carbonyl (C=O) groups excluding carboxylic acids is 1. The Balaban J connectivity index is 1.35. The van der Waals surface area contributed by atoms with E-state index in [-0.39, 0.29) is 5.91 Å². The van der Waals surface area contributed by atoms with Gasteiger partial charge in [0.1, 0.15) is 22.8 Å². The molecule has 1 aliphatic carbocycles. The lowest BCUT2D eigenvalue weighted by atomic mass is 9.94. The van der Waals surface area contributed by atoms with Crippen LogP contribution in [-0.2, 0) is 17.6 Å². The van der Waals surface area contributed by atoms with Crippen molar-refractivity contribution in [2.75, 3.05) is 44.8 Å². The Morgan fingerprint density at radius 2 is 1.83 bits per heavy atom. The molecule has 6 heteroatoms. The van der Waals surface area contributed by atoms with Gasteiger partial charge in [0.2, 0.25) is 5.91 Å². The molecule has 1 saturated heterocycles. The highest BCUT2D eigenvalue weighted by Crippen LogP contribution is 2.38. The van der Waals surface area contributed by atoms with Crippen LogP contribution in [-0.4, -0.2) is 50.7 Å². The van der Waals surface area contributed by atoms with Gasteiger partial charge in [0, 0.05) is 61.3 Å². The fourth-order valence-electron chi connectivity index (χ4n) is 5.29. The zero-order valence-corrected chi connectivity index (χ0v) is 20.9. The normalized spacial score (nSPS) is 16.4. The number of anilines is 1. The molecule has 35 heavy (non-hydrogen) atoms. The van der Waals surface area contributed by atoms with Crippen molar-refractivity contribution in [2.45, 2.75) is 39.5 Å². The summed E-state index contributed by atoms with van der Waals surface area (Å²) in [5.74, 6) is 2.78. The molecule has 1 fully saturated rings. The van der Waals surface area contributed by atoms with Crippen molar-refractivity contribution in [3.05, 3.63) is 59.4 Å². The van der Waals surface area contributed by atoms with E-state index < -0.39 is 0 Å². The molecule has 1 amide bonds. The van der Waals surface area contributed by atoms with Gasteiger partial charge in [-0.2, -0.15) is 0 Å². The largest absolute Gasteiger partial charge is 0.495 e. The molecule has 2 heterocycles. The number of methoxy groups -OCH3 is 1. The third kappa shape index (κ3) is 4.62. The zero-order chi connectivity index (χ0) is 24.4. The van der Waals surface area contributed by atoms with Gasteiger partial charge in [0.25, 0.3) is 0 Å². The SMILES string of the molecule is CCOc1cc2oc3c(c2cc1/C(C)=C/C(=O)N1CCN(c2ccccc2OC)CC1)CCCC3. The van der Waals surface area contributed by atoms with Crippen LogP contribution in [0, 0.1) is 0 Å². The van der Waals surface area contributed by atoms with Crippen LogP contribution in [0.4, 0.5) is 5.69 Å². The molecule has 0 spiro atoms. The summed E-state index contributed by atoms with van der Waals surface area (Å²) in [7, 11) is 1.69. The van der Waals surface area contributed by atoms with E-state index in [0.717, 1.165) is 71.0 Å². The van der Waals surface area contributed by atoms with Gasteiger partial charge in [0.15, 0.2) is 0 Å². The van der Waals surface area contributed by atoms with Gasteiger partial charge >= 0.3 is 0 Å². The van der Waals surface area contributed by atoms with Crippen LogP contribution >= 0.6 is 0 Å². The first-order chi connectivity index (χ1) is 17.1. The van der Waals surface area contributed by atoms with Crippen molar-refractivity contribution in [3.63, 3.8) is 0 Å². The van der Waals surface area contributed by atoms with Crippen molar-refractivity contribution in [1.29, 1.82) is 0 Å². The predicted molar refractivity (Wildman–Crippen MR) is 139 cm³/mol. The third-order valence-electron chi connectivity index (χ3n) is 7.14. The quantitative estimate of drug-likeness (QED) is 0.444. The van der Waals surface area contributed by atoms with Crippen molar-refractivity contribution in [3.8, 4) is 11.5 Å². The Hall–Kier alpha value is -3.41. The second-order valence-corrected chi connectivity index (χ2v) is 9.30. The molecule has 0 saturated carbocycles. The maximum Gasteiger partial charge on any atom is 0.246 e. The first-order valence-corrected chi connectivity index (χ1v) is 12.7. The zero-order valence-electron chi connectivity index (χ0n) is 20.9. The summed E-state index contributed by atoms with van der Waals surface area (Å²) in [6, 6.07) is 12.2. The minimum atomic E-state index is 0.0407. The Bertz CT molecular complexity index is 1250. The number of hydrogen-bond acceptors (Lipinski definition) is 5. The molecule has 5 rings (SSSR count). The van der Waals surface area contributed by atoms with Crippen LogP contribution in [0.25, 0.3) is 16.5 Å². The highest BCUT2D eigenvalue weighted by molar-refractivity contribution is 5.97. The number of ether oxygens (including phenoxy) is 2. The van der Waals surface area contributed by atoms with Crippen LogP contribution in [0.2, 0.25) is 0 Å². The van der Waals surface area contributed by atoms with Crippen LogP contribution in [0.5, 0.6) is 11.5 Å². The van der Waals surface area contributed by atoms with E-state index in [1.165, 1.54) is 18.4 Å². The number of carbonyl (C=O) groups is 1. The number of furan rings is 1. The minimum Gasteiger partial charge on any atom is -0.495 e. The lowest BCUT2D eigenvalue weighted by Gasteiger charge is -2.36. The maximum atomic E-state index is 13.2. The van der Waals surface area contributed by atoms with Gasteiger partial charge in [0.05, 0.1) is 19.4 Å².